The normalized spacial score (nSPS) is 11.4. The highest BCUT2D eigenvalue weighted by Crippen LogP contribution is 2.24. The van der Waals surface area contributed by atoms with E-state index in [4.69, 9.17) is 0 Å². The number of carbonyl (C=O) groups excluding carboxylic acids is 1. The molecule has 5 nitrogen and oxygen atoms in total. The fourth-order valence-corrected chi connectivity index (χ4v) is 3.87. The summed E-state index contributed by atoms with van der Waals surface area (Å²) in [6.45, 7) is 5.44. The number of carbonyl (C=O) groups is 1. The Bertz CT molecular complexity index is 800. The summed E-state index contributed by atoms with van der Waals surface area (Å²) in [7, 11) is -3.83. The molecule has 134 valence electrons. The zero-order chi connectivity index (χ0) is 18.4. The van der Waals surface area contributed by atoms with Gasteiger partial charge in [0.15, 0.2) is 0 Å². The number of hydrogen-bond donors (Lipinski definition) is 1. The summed E-state index contributed by atoms with van der Waals surface area (Å²) in [6.07, 6.45) is 0.861. The third-order valence-electron chi connectivity index (χ3n) is 3.70. The zero-order valence-electron chi connectivity index (χ0n) is 14.8. The van der Waals surface area contributed by atoms with Crippen LogP contribution in [-0.4, -0.2) is 26.9 Å². The fraction of sp³-hybridized carbons (Fsp3) is 0.316. The van der Waals surface area contributed by atoms with Crippen LogP contribution >= 0.6 is 0 Å². The first kappa shape index (κ1) is 19.0. The lowest BCUT2D eigenvalue weighted by Gasteiger charge is -2.24. The first-order valence-corrected chi connectivity index (χ1v) is 9.74. The minimum atomic E-state index is -3.83. The quantitative estimate of drug-likeness (QED) is 0.825. The molecule has 0 radical (unpaired) electrons. The number of benzene rings is 2. The van der Waals surface area contributed by atoms with Crippen LogP contribution in [0.5, 0.6) is 0 Å². The van der Waals surface area contributed by atoms with Crippen molar-refractivity contribution in [1.82, 2.24) is 5.32 Å². The molecule has 0 aliphatic heterocycles. The third-order valence-corrected chi connectivity index (χ3v) is 5.49. The average molecular weight is 360 g/mol. The largest absolute Gasteiger partial charge is 0.352 e. The van der Waals surface area contributed by atoms with Gasteiger partial charge in [0.25, 0.3) is 10.0 Å². The first-order valence-electron chi connectivity index (χ1n) is 8.30. The van der Waals surface area contributed by atoms with Gasteiger partial charge in [0.2, 0.25) is 5.91 Å². The number of aryl methyl sites for hydroxylation is 1. The second kappa shape index (κ2) is 8.16. The zero-order valence-corrected chi connectivity index (χ0v) is 15.6. The highest BCUT2D eigenvalue weighted by Gasteiger charge is 2.27. The molecule has 1 N–H and O–H groups in total. The molecule has 0 fully saturated rings. The molecule has 6 heteroatoms. The van der Waals surface area contributed by atoms with Crippen molar-refractivity contribution in [1.29, 1.82) is 0 Å². The molecule has 0 bridgehead atoms. The standard InChI is InChI=1S/C19H24N2O3S/c1-4-16-10-12-17(13-11-16)21(14-19(22)20-15(2)3)25(23,24)18-8-6-5-7-9-18/h5-13,15H,4,14H2,1-3H3,(H,20,22). The van der Waals surface area contributed by atoms with Gasteiger partial charge in [-0.05, 0) is 50.1 Å². The van der Waals surface area contributed by atoms with Crippen LogP contribution in [0.15, 0.2) is 59.5 Å². The molecule has 0 aromatic heterocycles. The summed E-state index contributed by atoms with van der Waals surface area (Å²) in [5.74, 6) is -0.339. The lowest BCUT2D eigenvalue weighted by Crippen LogP contribution is -2.42. The molecule has 2 rings (SSSR count). The van der Waals surface area contributed by atoms with E-state index in [9.17, 15) is 13.2 Å². The maximum atomic E-state index is 13.1. The SMILES string of the molecule is CCc1ccc(N(CC(=O)NC(C)C)S(=O)(=O)c2ccccc2)cc1. The Morgan fingerprint density at radius 1 is 1.04 bits per heavy atom. The topological polar surface area (TPSA) is 66.5 Å². The van der Waals surface area contributed by atoms with Crippen molar-refractivity contribution in [3.8, 4) is 0 Å². The van der Waals surface area contributed by atoms with E-state index >= 15 is 0 Å². The van der Waals surface area contributed by atoms with Gasteiger partial charge >= 0.3 is 0 Å². The summed E-state index contributed by atoms with van der Waals surface area (Å²) in [6, 6.07) is 15.3. The van der Waals surface area contributed by atoms with Crippen molar-refractivity contribution in [2.75, 3.05) is 10.8 Å². The molecule has 1 amide bonds. The predicted octanol–water partition coefficient (Wildman–Crippen LogP) is 2.97. The van der Waals surface area contributed by atoms with Gasteiger partial charge in [-0.1, -0.05) is 37.3 Å². The summed E-state index contributed by atoms with van der Waals surface area (Å²) in [4.78, 5) is 12.4. The van der Waals surface area contributed by atoms with Crippen LogP contribution in [0, 0.1) is 0 Å². The van der Waals surface area contributed by atoms with Crippen LogP contribution in [0.3, 0.4) is 0 Å². The minimum Gasteiger partial charge on any atom is -0.352 e. The van der Waals surface area contributed by atoms with Crippen LogP contribution < -0.4 is 9.62 Å². The summed E-state index contributed by atoms with van der Waals surface area (Å²) >= 11 is 0. The predicted molar refractivity (Wildman–Crippen MR) is 100 cm³/mol. The highest BCUT2D eigenvalue weighted by atomic mass is 32.2. The van der Waals surface area contributed by atoms with Crippen LogP contribution in [-0.2, 0) is 21.2 Å². The fourth-order valence-electron chi connectivity index (χ4n) is 2.43. The summed E-state index contributed by atoms with van der Waals surface area (Å²) in [5, 5.41) is 2.74. The molecule has 0 unspecified atom stereocenters. The average Bonchev–Trinajstić information content (AvgIpc) is 2.60. The molecule has 0 saturated carbocycles. The maximum absolute atomic E-state index is 13.1. The minimum absolute atomic E-state index is 0.0590. The van der Waals surface area contributed by atoms with Crippen LogP contribution in [0.1, 0.15) is 26.3 Å². The van der Waals surface area contributed by atoms with Crippen molar-refractivity contribution in [3.05, 3.63) is 60.2 Å². The number of nitrogens with one attached hydrogen (secondary N) is 1. The Balaban J connectivity index is 2.42. The lowest BCUT2D eigenvalue weighted by molar-refractivity contribution is -0.120. The van der Waals surface area contributed by atoms with Gasteiger partial charge in [0.05, 0.1) is 10.6 Å². The Kier molecular flexibility index (Phi) is 6.20. The molecule has 0 aliphatic carbocycles. The van der Waals surface area contributed by atoms with E-state index < -0.39 is 10.0 Å². The number of sulfonamides is 1. The Morgan fingerprint density at radius 2 is 1.64 bits per heavy atom. The van der Waals surface area contributed by atoms with E-state index in [1.54, 1.807) is 30.3 Å². The smallest absolute Gasteiger partial charge is 0.264 e. The molecule has 0 atom stereocenters. The van der Waals surface area contributed by atoms with E-state index in [1.807, 2.05) is 32.9 Å². The van der Waals surface area contributed by atoms with E-state index in [0.29, 0.717) is 5.69 Å². The molecular weight excluding hydrogens is 336 g/mol. The second-order valence-corrected chi connectivity index (χ2v) is 7.93. The monoisotopic (exact) mass is 360 g/mol. The van der Waals surface area contributed by atoms with E-state index in [-0.39, 0.29) is 23.4 Å². The van der Waals surface area contributed by atoms with Gasteiger partial charge in [0.1, 0.15) is 6.54 Å². The maximum Gasteiger partial charge on any atom is 0.264 e. The Hall–Kier alpha value is -2.34. The Morgan fingerprint density at radius 3 is 2.16 bits per heavy atom. The molecular formula is C19H24N2O3S. The van der Waals surface area contributed by atoms with Crippen LogP contribution in [0.4, 0.5) is 5.69 Å². The number of anilines is 1. The highest BCUT2D eigenvalue weighted by molar-refractivity contribution is 7.92. The lowest BCUT2D eigenvalue weighted by atomic mass is 10.1. The van der Waals surface area contributed by atoms with E-state index in [2.05, 4.69) is 5.32 Å². The molecule has 25 heavy (non-hydrogen) atoms. The van der Waals surface area contributed by atoms with Crippen molar-refractivity contribution in [2.24, 2.45) is 0 Å². The van der Waals surface area contributed by atoms with Crippen molar-refractivity contribution in [2.45, 2.75) is 38.1 Å². The summed E-state index contributed by atoms with van der Waals surface area (Å²) < 4.78 is 27.3. The van der Waals surface area contributed by atoms with Crippen molar-refractivity contribution < 1.29 is 13.2 Å². The van der Waals surface area contributed by atoms with Gasteiger partial charge in [0, 0.05) is 6.04 Å². The van der Waals surface area contributed by atoms with Crippen LogP contribution in [0.2, 0.25) is 0 Å². The van der Waals surface area contributed by atoms with E-state index in [0.717, 1.165) is 16.3 Å². The number of rotatable bonds is 7. The molecule has 0 spiro atoms. The number of amides is 1. The molecule has 0 aliphatic rings. The molecule has 2 aromatic rings. The summed E-state index contributed by atoms with van der Waals surface area (Å²) in [5.41, 5.74) is 1.58. The Labute approximate surface area is 149 Å². The first-order chi connectivity index (χ1) is 11.8. The van der Waals surface area contributed by atoms with Gasteiger partial charge < -0.3 is 5.32 Å². The second-order valence-electron chi connectivity index (χ2n) is 6.07. The van der Waals surface area contributed by atoms with Crippen molar-refractivity contribution in [3.63, 3.8) is 0 Å². The molecule has 2 aromatic carbocycles. The molecule has 0 saturated heterocycles. The van der Waals surface area contributed by atoms with Gasteiger partial charge in [-0.15, -0.1) is 0 Å². The molecule has 0 heterocycles. The van der Waals surface area contributed by atoms with Gasteiger partial charge in [-0.3, -0.25) is 9.10 Å². The van der Waals surface area contributed by atoms with E-state index in [1.165, 1.54) is 12.1 Å². The van der Waals surface area contributed by atoms with Gasteiger partial charge in [-0.2, -0.15) is 0 Å². The van der Waals surface area contributed by atoms with Crippen LogP contribution in [0.25, 0.3) is 0 Å². The number of hydrogen-bond acceptors (Lipinski definition) is 3. The van der Waals surface area contributed by atoms with Gasteiger partial charge in [-0.25, -0.2) is 8.42 Å². The number of nitrogens with zero attached hydrogens (tertiary/aromatic N) is 1. The van der Waals surface area contributed by atoms with Crippen molar-refractivity contribution >= 4 is 21.6 Å². The third kappa shape index (κ3) is 4.82.